The number of hydrogen-bond donors (Lipinski definition) is 1. The molecule has 2 rings (SSSR count). The molecule has 0 aliphatic heterocycles. The fourth-order valence-corrected chi connectivity index (χ4v) is 2.51. The van der Waals surface area contributed by atoms with Crippen LogP contribution in [0.3, 0.4) is 0 Å². The molecule has 1 fully saturated rings. The summed E-state index contributed by atoms with van der Waals surface area (Å²) in [6.07, 6.45) is 5.12. The second-order valence-corrected chi connectivity index (χ2v) is 4.74. The molecule has 1 aromatic heterocycles. The van der Waals surface area contributed by atoms with E-state index in [2.05, 4.69) is 17.0 Å². The average Bonchev–Trinajstić information content (AvgIpc) is 2.74. The molecule has 0 spiro atoms. The maximum atomic E-state index is 10.4. The van der Waals surface area contributed by atoms with Crippen LogP contribution in [0.2, 0.25) is 0 Å². The molecular weight excluding hydrogens is 190 g/mol. The van der Waals surface area contributed by atoms with Gasteiger partial charge >= 0.3 is 0 Å². The molecule has 1 N–H and O–H groups in total. The first-order valence-electron chi connectivity index (χ1n) is 5.72. The molecule has 1 aliphatic carbocycles. The zero-order valence-corrected chi connectivity index (χ0v) is 9.48. The van der Waals surface area contributed by atoms with Crippen LogP contribution in [-0.4, -0.2) is 25.5 Å². The van der Waals surface area contributed by atoms with Crippen molar-refractivity contribution in [2.75, 3.05) is 0 Å². The Morgan fingerprint density at radius 3 is 3.07 bits per heavy atom. The summed E-state index contributed by atoms with van der Waals surface area (Å²) in [4.78, 5) is 4.21. The number of aryl methyl sites for hydroxylation is 1. The summed E-state index contributed by atoms with van der Waals surface area (Å²) in [5.41, 5.74) is -0.542. The van der Waals surface area contributed by atoms with Crippen molar-refractivity contribution in [1.29, 1.82) is 0 Å². The number of aliphatic hydroxyl groups is 1. The Balaban J connectivity index is 2.08. The Kier molecular flexibility index (Phi) is 2.78. The molecule has 4 heteroatoms. The first-order chi connectivity index (χ1) is 7.13. The van der Waals surface area contributed by atoms with Gasteiger partial charge in [0.2, 0.25) is 0 Å². The third-order valence-electron chi connectivity index (χ3n) is 3.31. The van der Waals surface area contributed by atoms with Crippen LogP contribution in [0.25, 0.3) is 0 Å². The van der Waals surface area contributed by atoms with E-state index in [4.69, 9.17) is 0 Å². The van der Waals surface area contributed by atoms with Gasteiger partial charge in [-0.3, -0.25) is 4.68 Å². The van der Waals surface area contributed by atoms with E-state index in [9.17, 15) is 5.11 Å². The Morgan fingerprint density at radius 1 is 1.67 bits per heavy atom. The largest absolute Gasteiger partial charge is 0.389 e. The highest BCUT2D eigenvalue weighted by Crippen LogP contribution is 2.36. The molecule has 1 aliphatic rings. The molecule has 1 aromatic rings. The van der Waals surface area contributed by atoms with E-state index in [-0.39, 0.29) is 0 Å². The normalized spacial score (nSPS) is 31.0. The minimum atomic E-state index is -0.542. The third-order valence-corrected chi connectivity index (χ3v) is 3.31. The Morgan fingerprint density at radius 2 is 2.47 bits per heavy atom. The minimum Gasteiger partial charge on any atom is -0.389 e. The predicted molar refractivity (Wildman–Crippen MR) is 57.4 cm³/mol. The van der Waals surface area contributed by atoms with E-state index in [0.717, 1.165) is 31.6 Å². The molecule has 0 aromatic carbocycles. The second-order valence-electron chi connectivity index (χ2n) is 4.74. The fourth-order valence-electron chi connectivity index (χ4n) is 2.51. The van der Waals surface area contributed by atoms with E-state index < -0.39 is 5.60 Å². The SMILES string of the molecule is CCn1ncnc1CC1(O)CCC(C)C1. The Hall–Kier alpha value is -0.900. The van der Waals surface area contributed by atoms with E-state index in [1.54, 1.807) is 6.33 Å². The van der Waals surface area contributed by atoms with Crippen molar-refractivity contribution >= 4 is 0 Å². The Bertz CT molecular complexity index is 336. The molecule has 0 bridgehead atoms. The molecule has 1 heterocycles. The molecule has 0 radical (unpaired) electrons. The summed E-state index contributed by atoms with van der Waals surface area (Å²) < 4.78 is 1.86. The molecule has 0 saturated heterocycles. The highest BCUT2D eigenvalue weighted by molar-refractivity contribution is 4.98. The Labute approximate surface area is 90.3 Å². The van der Waals surface area contributed by atoms with Gasteiger partial charge < -0.3 is 5.11 Å². The maximum Gasteiger partial charge on any atom is 0.138 e. The monoisotopic (exact) mass is 209 g/mol. The minimum absolute atomic E-state index is 0.542. The number of hydrogen-bond acceptors (Lipinski definition) is 3. The average molecular weight is 209 g/mol. The van der Waals surface area contributed by atoms with E-state index in [0.29, 0.717) is 12.3 Å². The lowest BCUT2D eigenvalue weighted by Crippen LogP contribution is -2.29. The summed E-state index contributed by atoms with van der Waals surface area (Å²) >= 11 is 0. The summed E-state index contributed by atoms with van der Waals surface area (Å²) in [5, 5.41) is 14.5. The molecule has 0 amide bonds. The maximum absolute atomic E-state index is 10.4. The van der Waals surface area contributed by atoms with Crippen LogP contribution in [0.5, 0.6) is 0 Å². The molecule has 15 heavy (non-hydrogen) atoms. The van der Waals surface area contributed by atoms with Crippen LogP contribution in [0.15, 0.2) is 6.33 Å². The zero-order chi connectivity index (χ0) is 10.9. The summed E-state index contributed by atoms with van der Waals surface area (Å²) in [7, 11) is 0. The molecule has 84 valence electrons. The predicted octanol–water partition coefficient (Wildman–Crippen LogP) is 1.39. The van der Waals surface area contributed by atoms with Gasteiger partial charge in [-0.15, -0.1) is 0 Å². The van der Waals surface area contributed by atoms with Gasteiger partial charge in [0.15, 0.2) is 0 Å². The van der Waals surface area contributed by atoms with Crippen molar-refractivity contribution in [2.24, 2.45) is 5.92 Å². The first kappa shape index (κ1) is 10.6. The lowest BCUT2D eigenvalue weighted by Gasteiger charge is -2.21. The van der Waals surface area contributed by atoms with E-state index >= 15 is 0 Å². The lowest BCUT2D eigenvalue weighted by molar-refractivity contribution is 0.0416. The van der Waals surface area contributed by atoms with Crippen molar-refractivity contribution in [3.63, 3.8) is 0 Å². The molecule has 4 nitrogen and oxygen atoms in total. The van der Waals surface area contributed by atoms with Gasteiger partial charge in [-0.25, -0.2) is 4.98 Å². The summed E-state index contributed by atoms with van der Waals surface area (Å²) in [5.74, 6) is 1.54. The highest BCUT2D eigenvalue weighted by Gasteiger charge is 2.36. The number of rotatable bonds is 3. The molecule has 2 atom stereocenters. The van der Waals surface area contributed by atoms with Gasteiger partial charge in [-0.1, -0.05) is 6.92 Å². The topological polar surface area (TPSA) is 50.9 Å². The van der Waals surface area contributed by atoms with Crippen LogP contribution in [0, 0.1) is 5.92 Å². The van der Waals surface area contributed by atoms with Crippen molar-refractivity contribution in [1.82, 2.24) is 14.8 Å². The van der Waals surface area contributed by atoms with Crippen LogP contribution >= 0.6 is 0 Å². The van der Waals surface area contributed by atoms with Gasteiger partial charge in [0.25, 0.3) is 0 Å². The van der Waals surface area contributed by atoms with Gasteiger partial charge in [-0.05, 0) is 32.1 Å². The number of nitrogens with zero attached hydrogens (tertiary/aromatic N) is 3. The van der Waals surface area contributed by atoms with Crippen LogP contribution in [0.1, 0.15) is 38.9 Å². The van der Waals surface area contributed by atoms with Crippen LogP contribution < -0.4 is 0 Å². The highest BCUT2D eigenvalue weighted by atomic mass is 16.3. The molecule has 1 saturated carbocycles. The van der Waals surface area contributed by atoms with Gasteiger partial charge in [-0.2, -0.15) is 5.10 Å². The van der Waals surface area contributed by atoms with E-state index in [1.807, 2.05) is 11.6 Å². The lowest BCUT2D eigenvalue weighted by atomic mass is 9.96. The number of aromatic nitrogens is 3. The summed E-state index contributed by atoms with van der Waals surface area (Å²) in [6.45, 7) is 5.06. The summed E-state index contributed by atoms with van der Waals surface area (Å²) in [6, 6.07) is 0. The second kappa shape index (κ2) is 3.93. The fraction of sp³-hybridized carbons (Fsp3) is 0.818. The third kappa shape index (κ3) is 2.20. The van der Waals surface area contributed by atoms with Crippen molar-refractivity contribution in [2.45, 2.75) is 51.7 Å². The smallest absolute Gasteiger partial charge is 0.138 e. The van der Waals surface area contributed by atoms with Crippen molar-refractivity contribution < 1.29 is 5.11 Å². The van der Waals surface area contributed by atoms with Gasteiger partial charge in [0.05, 0.1) is 5.60 Å². The van der Waals surface area contributed by atoms with Crippen LogP contribution in [-0.2, 0) is 13.0 Å². The standard InChI is InChI=1S/C11H19N3O/c1-3-14-10(12-8-13-14)7-11(15)5-4-9(2)6-11/h8-9,15H,3-7H2,1-2H3. The van der Waals surface area contributed by atoms with Gasteiger partial charge in [0.1, 0.15) is 12.2 Å². The molecule has 2 unspecified atom stereocenters. The quantitative estimate of drug-likeness (QED) is 0.818. The van der Waals surface area contributed by atoms with Crippen molar-refractivity contribution in [3.05, 3.63) is 12.2 Å². The first-order valence-corrected chi connectivity index (χ1v) is 5.72. The molecular formula is C11H19N3O. The van der Waals surface area contributed by atoms with Crippen LogP contribution in [0.4, 0.5) is 0 Å². The van der Waals surface area contributed by atoms with E-state index in [1.165, 1.54) is 0 Å². The zero-order valence-electron chi connectivity index (χ0n) is 9.48. The van der Waals surface area contributed by atoms with Gasteiger partial charge in [0, 0.05) is 13.0 Å². The van der Waals surface area contributed by atoms with Crippen molar-refractivity contribution in [3.8, 4) is 0 Å².